The van der Waals surface area contributed by atoms with E-state index in [2.05, 4.69) is 0 Å². The van der Waals surface area contributed by atoms with Gasteiger partial charge in [0.25, 0.3) is 0 Å². The Labute approximate surface area is 162 Å². The molecule has 0 aliphatic carbocycles. The Morgan fingerprint density at radius 2 is 1.75 bits per heavy atom. The second-order valence-corrected chi connectivity index (χ2v) is 8.65. The molecule has 0 radical (unpaired) electrons. The van der Waals surface area contributed by atoms with E-state index in [4.69, 9.17) is 9.15 Å². The third kappa shape index (κ3) is 3.84. The zero-order chi connectivity index (χ0) is 20.5. The quantitative estimate of drug-likeness (QED) is 0.369. The van der Waals surface area contributed by atoms with Crippen molar-refractivity contribution >= 4 is 26.8 Å². The largest absolute Gasteiger partial charge is 0.423 e. The monoisotopic (exact) mass is 400 g/mol. The molecule has 2 aromatic carbocycles. The first-order valence-corrected chi connectivity index (χ1v) is 10.5. The first kappa shape index (κ1) is 19.8. The average Bonchev–Trinajstić information content (AvgIpc) is 2.67. The minimum atomic E-state index is -3.34. The van der Waals surface area contributed by atoms with Crippen molar-refractivity contribution in [1.29, 1.82) is 0 Å². The summed E-state index contributed by atoms with van der Waals surface area (Å²) in [5, 5.41) is 0.783. The van der Waals surface area contributed by atoms with Gasteiger partial charge in [0.05, 0.1) is 16.2 Å². The van der Waals surface area contributed by atoms with Crippen LogP contribution in [0.4, 0.5) is 0 Å². The van der Waals surface area contributed by atoms with Crippen molar-refractivity contribution in [2.75, 3.05) is 5.75 Å². The molecule has 0 unspecified atom stereocenters. The maximum atomic E-state index is 12.5. The van der Waals surface area contributed by atoms with Gasteiger partial charge in [0.1, 0.15) is 11.3 Å². The van der Waals surface area contributed by atoms with E-state index in [1.807, 2.05) is 19.9 Å². The Bertz CT molecular complexity index is 1200. The number of benzene rings is 2. The average molecular weight is 400 g/mol. The van der Waals surface area contributed by atoms with Gasteiger partial charge >= 0.3 is 11.6 Å². The number of sulfone groups is 1. The molecule has 0 aliphatic rings. The van der Waals surface area contributed by atoms with Crippen LogP contribution in [0.3, 0.4) is 0 Å². The van der Waals surface area contributed by atoms with Gasteiger partial charge in [-0.2, -0.15) is 0 Å². The number of hydrogen-bond acceptors (Lipinski definition) is 6. The van der Waals surface area contributed by atoms with E-state index in [1.165, 1.54) is 36.4 Å². The number of esters is 1. The van der Waals surface area contributed by atoms with Crippen LogP contribution >= 0.6 is 0 Å². The minimum absolute atomic E-state index is 0.0155. The fraction of sp³-hybridized carbons (Fsp3) is 0.238. The lowest BCUT2D eigenvalue weighted by atomic mass is 10.1. The second kappa shape index (κ2) is 7.59. The topological polar surface area (TPSA) is 90.7 Å². The fourth-order valence-corrected chi connectivity index (χ4v) is 3.77. The van der Waals surface area contributed by atoms with Gasteiger partial charge in [-0.3, -0.25) is 0 Å². The van der Waals surface area contributed by atoms with Crippen molar-refractivity contribution in [3.63, 3.8) is 0 Å². The molecule has 6 nitrogen and oxygen atoms in total. The molecule has 0 saturated heterocycles. The number of carbonyl (C=O) groups is 1. The minimum Gasteiger partial charge on any atom is -0.423 e. The summed E-state index contributed by atoms with van der Waals surface area (Å²) in [6.45, 7) is 5.30. The van der Waals surface area contributed by atoms with Crippen LogP contribution in [0, 0.1) is 6.92 Å². The number of fused-ring (bicyclic) bond motifs is 1. The van der Waals surface area contributed by atoms with Gasteiger partial charge < -0.3 is 9.15 Å². The first-order chi connectivity index (χ1) is 13.2. The molecular weight excluding hydrogens is 380 g/mol. The van der Waals surface area contributed by atoms with Gasteiger partial charge in [0.2, 0.25) is 0 Å². The summed E-state index contributed by atoms with van der Waals surface area (Å²) in [6, 6.07) is 10.4. The van der Waals surface area contributed by atoms with Crippen molar-refractivity contribution in [3.05, 3.63) is 69.6 Å². The number of ether oxygens (including phenoxy) is 1. The molecule has 0 N–H and O–H groups in total. The fourth-order valence-electron chi connectivity index (χ4n) is 2.89. The van der Waals surface area contributed by atoms with Crippen LogP contribution in [0.15, 0.2) is 56.6 Å². The van der Waals surface area contributed by atoms with E-state index in [1.54, 1.807) is 6.92 Å². The van der Waals surface area contributed by atoms with Crippen molar-refractivity contribution in [1.82, 2.24) is 0 Å². The van der Waals surface area contributed by atoms with Gasteiger partial charge in [0, 0.05) is 17.5 Å². The highest BCUT2D eigenvalue weighted by Gasteiger charge is 2.16. The Morgan fingerprint density at radius 3 is 2.36 bits per heavy atom. The summed E-state index contributed by atoms with van der Waals surface area (Å²) < 4.78 is 34.5. The molecule has 1 heterocycles. The van der Waals surface area contributed by atoms with Crippen LogP contribution in [-0.2, 0) is 16.3 Å². The Balaban J connectivity index is 1.95. The van der Waals surface area contributed by atoms with E-state index >= 15 is 0 Å². The number of carbonyl (C=O) groups excluding carboxylic acids is 1. The standard InChI is InChI=1S/C21H20O6S/c1-4-14-11-17-13(3)10-20(22)26-19(17)12-18(14)27-21(23)15-6-8-16(9-7-15)28(24,25)5-2/h6-12H,4-5H2,1-3H3. The summed E-state index contributed by atoms with van der Waals surface area (Å²) in [6.07, 6.45) is 0.616. The van der Waals surface area contributed by atoms with Gasteiger partial charge in [-0.25, -0.2) is 18.0 Å². The third-order valence-electron chi connectivity index (χ3n) is 4.55. The molecule has 3 rings (SSSR count). The lowest BCUT2D eigenvalue weighted by Gasteiger charge is -2.11. The number of rotatable bonds is 5. The predicted molar refractivity (Wildman–Crippen MR) is 106 cm³/mol. The molecule has 3 aromatic rings. The summed E-state index contributed by atoms with van der Waals surface area (Å²) >= 11 is 0. The second-order valence-electron chi connectivity index (χ2n) is 6.38. The van der Waals surface area contributed by atoms with Gasteiger partial charge in [-0.15, -0.1) is 0 Å². The Morgan fingerprint density at radius 1 is 1.07 bits per heavy atom. The van der Waals surface area contributed by atoms with Crippen molar-refractivity contribution < 1.29 is 22.4 Å². The van der Waals surface area contributed by atoms with Gasteiger partial charge in [-0.1, -0.05) is 13.8 Å². The van der Waals surface area contributed by atoms with E-state index in [-0.39, 0.29) is 16.2 Å². The zero-order valence-corrected chi connectivity index (χ0v) is 16.6. The van der Waals surface area contributed by atoms with Crippen LogP contribution in [0.1, 0.15) is 35.3 Å². The van der Waals surface area contributed by atoms with E-state index in [9.17, 15) is 18.0 Å². The third-order valence-corrected chi connectivity index (χ3v) is 6.30. The highest BCUT2D eigenvalue weighted by atomic mass is 32.2. The van der Waals surface area contributed by atoms with Crippen molar-refractivity contribution in [2.24, 2.45) is 0 Å². The Hall–Kier alpha value is -2.93. The maximum absolute atomic E-state index is 12.5. The normalized spacial score (nSPS) is 11.5. The van der Waals surface area contributed by atoms with Crippen LogP contribution in [0.2, 0.25) is 0 Å². The summed E-state index contributed by atoms with van der Waals surface area (Å²) in [7, 11) is -3.34. The molecule has 146 valence electrons. The highest BCUT2D eigenvalue weighted by molar-refractivity contribution is 7.91. The van der Waals surface area contributed by atoms with Crippen molar-refractivity contribution in [3.8, 4) is 5.75 Å². The van der Waals surface area contributed by atoms with E-state index in [0.29, 0.717) is 17.8 Å². The molecule has 0 fully saturated rings. The maximum Gasteiger partial charge on any atom is 0.343 e. The molecule has 7 heteroatoms. The molecule has 0 spiro atoms. The first-order valence-electron chi connectivity index (χ1n) is 8.87. The molecule has 0 amide bonds. The summed E-state index contributed by atoms with van der Waals surface area (Å²) in [5.74, 6) is -0.332. The molecule has 1 aromatic heterocycles. The molecule has 0 bridgehead atoms. The van der Waals surface area contributed by atoms with Crippen molar-refractivity contribution in [2.45, 2.75) is 32.1 Å². The SMILES string of the molecule is CCc1cc2c(C)cc(=O)oc2cc1OC(=O)c1ccc(S(=O)(=O)CC)cc1. The van der Waals surface area contributed by atoms with Crippen LogP contribution < -0.4 is 10.4 Å². The lowest BCUT2D eigenvalue weighted by molar-refractivity contribution is 0.0733. The van der Waals surface area contributed by atoms with E-state index < -0.39 is 21.4 Å². The Kier molecular flexibility index (Phi) is 5.38. The van der Waals surface area contributed by atoms with E-state index in [0.717, 1.165) is 16.5 Å². The van der Waals surface area contributed by atoms with Gasteiger partial charge in [0.15, 0.2) is 9.84 Å². The highest BCUT2D eigenvalue weighted by Crippen LogP contribution is 2.28. The summed E-state index contributed by atoms with van der Waals surface area (Å²) in [5.41, 5.74) is 1.67. The van der Waals surface area contributed by atoms with Crippen LogP contribution in [-0.4, -0.2) is 20.1 Å². The molecule has 28 heavy (non-hydrogen) atoms. The predicted octanol–water partition coefficient (Wildman–Crippen LogP) is 3.68. The summed E-state index contributed by atoms with van der Waals surface area (Å²) in [4.78, 5) is 24.3. The zero-order valence-electron chi connectivity index (χ0n) is 15.8. The number of aryl methyl sites for hydroxylation is 2. The van der Waals surface area contributed by atoms with Gasteiger partial charge in [-0.05, 0) is 54.8 Å². The smallest absolute Gasteiger partial charge is 0.343 e. The van der Waals surface area contributed by atoms with Crippen LogP contribution in [0.5, 0.6) is 5.75 Å². The molecular formula is C21H20O6S. The molecule has 0 atom stereocenters. The molecule has 0 aliphatic heterocycles. The lowest BCUT2D eigenvalue weighted by Crippen LogP contribution is -2.11. The number of hydrogen-bond donors (Lipinski definition) is 0. The molecule has 0 saturated carbocycles. The van der Waals surface area contributed by atoms with Crippen LogP contribution in [0.25, 0.3) is 11.0 Å².